The van der Waals surface area contributed by atoms with Crippen molar-refractivity contribution in [3.05, 3.63) is 0 Å². The zero-order chi connectivity index (χ0) is 6.24. The molecule has 0 aromatic rings. The SMILES string of the molecule is C#CCCCCNS. The lowest BCUT2D eigenvalue weighted by Crippen LogP contribution is -1.99. The first-order valence-corrected chi connectivity index (χ1v) is 3.17. The van der Waals surface area contributed by atoms with Crippen molar-refractivity contribution >= 4 is 12.8 Å². The van der Waals surface area contributed by atoms with Gasteiger partial charge in [-0.2, -0.15) is 0 Å². The van der Waals surface area contributed by atoms with E-state index >= 15 is 0 Å². The van der Waals surface area contributed by atoms with E-state index in [0.29, 0.717) is 0 Å². The molecule has 0 saturated carbocycles. The van der Waals surface area contributed by atoms with Crippen molar-refractivity contribution in [1.82, 2.24) is 4.72 Å². The first-order chi connectivity index (χ1) is 3.91. The van der Waals surface area contributed by atoms with E-state index < -0.39 is 0 Å². The van der Waals surface area contributed by atoms with Crippen molar-refractivity contribution in [3.8, 4) is 12.3 Å². The summed E-state index contributed by atoms with van der Waals surface area (Å²) in [6.07, 6.45) is 8.13. The van der Waals surface area contributed by atoms with Crippen LogP contribution < -0.4 is 4.72 Å². The second-order valence-electron chi connectivity index (χ2n) is 1.57. The first kappa shape index (κ1) is 7.87. The topological polar surface area (TPSA) is 12.0 Å². The van der Waals surface area contributed by atoms with Crippen LogP contribution in [0, 0.1) is 12.3 Å². The predicted molar refractivity (Wildman–Crippen MR) is 39.7 cm³/mol. The number of thiol groups is 1. The van der Waals surface area contributed by atoms with E-state index in [9.17, 15) is 0 Å². The van der Waals surface area contributed by atoms with Gasteiger partial charge in [0.1, 0.15) is 0 Å². The van der Waals surface area contributed by atoms with E-state index in [4.69, 9.17) is 6.42 Å². The second-order valence-corrected chi connectivity index (χ2v) is 1.89. The van der Waals surface area contributed by atoms with Gasteiger partial charge in [0.25, 0.3) is 0 Å². The van der Waals surface area contributed by atoms with E-state index in [1.54, 1.807) is 0 Å². The number of rotatable bonds is 4. The Bertz CT molecular complexity index is 75.1. The van der Waals surface area contributed by atoms with Crippen LogP contribution >= 0.6 is 12.8 Å². The molecule has 2 heteroatoms. The number of unbranched alkanes of at least 4 members (excludes halogenated alkanes) is 2. The van der Waals surface area contributed by atoms with Crippen molar-refractivity contribution in [3.63, 3.8) is 0 Å². The van der Waals surface area contributed by atoms with Crippen molar-refractivity contribution in [2.24, 2.45) is 0 Å². The molecule has 8 heavy (non-hydrogen) atoms. The summed E-state index contributed by atoms with van der Waals surface area (Å²) in [7, 11) is 0. The molecule has 0 spiro atoms. The van der Waals surface area contributed by atoms with Crippen LogP contribution in [0.1, 0.15) is 19.3 Å². The molecule has 1 nitrogen and oxygen atoms in total. The number of terminal acetylenes is 1. The number of nitrogens with one attached hydrogen (secondary N) is 1. The van der Waals surface area contributed by atoms with Gasteiger partial charge < -0.3 is 0 Å². The van der Waals surface area contributed by atoms with E-state index in [2.05, 4.69) is 23.5 Å². The van der Waals surface area contributed by atoms with Gasteiger partial charge in [0.15, 0.2) is 0 Å². The van der Waals surface area contributed by atoms with Crippen LogP contribution in [-0.2, 0) is 0 Å². The lowest BCUT2D eigenvalue weighted by atomic mass is 10.2. The van der Waals surface area contributed by atoms with Gasteiger partial charge in [0.05, 0.1) is 0 Å². The highest BCUT2D eigenvalue weighted by atomic mass is 32.1. The summed E-state index contributed by atoms with van der Waals surface area (Å²) in [5.41, 5.74) is 0. The van der Waals surface area contributed by atoms with Crippen molar-refractivity contribution in [2.45, 2.75) is 19.3 Å². The fraction of sp³-hybridized carbons (Fsp3) is 0.667. The van der Waals surface area contributed by atoms with Crippen LogP contribution in [0.15, 0.2) is 0 Å². The van der Waals surface area contributed by atoms with Crippen LogP contribution in [0.25, 0.3) is 0 Å². The molecule has 0 amide bonds. The second kappa shape index (κ2) is 6.87. The highest BCUT2D eigenvalue weighted by Gasteiger charge is 1.81. The van der Waals surface area contributed by atoms with Crippen LogP contribution in [-0.4, -0.2) is 6.54 Å². The third-order valence-electron chi connectivity index (χ3n) is 0.860. The standard InChI is InChI=1S/C6H11NS/c1-2-3-4-5-6-7-8/h1,7-8H,3-6H2. The molecule has 46 valence electrons. The highest BCUT2D eigenvalue weighted by Crippen LogP contribution is 1.90. The Morgan fingerprint density at radius 2 is 2.25 bits per heavy atom. The molecule has 0 aromatic heterocycles. The maximum Gasteiger partial charge on any atom is 0.00865 e. The van der Waals surface area contributed by atoms with Gasteiger partial charge in [0, 0.05) is 13.0 Å². The van der Waals surface area contributed by atoms with Crippen LogP contribution in [0.4, 0.5) is 0 Å². The minimum Gasteiger partial charge on any atom is -0.267 e. The maximum absolute atomic E-state index is 5.02. The summed E-state index contributed by atoms with van der Waals surface area (Å²) in [5, 5.41) is 0. The number of hydrogen-bond donors (Lipinski definition) is 2. The molecule has 0 unspecified atom stereocenters. The average Bonchev–Trinajstić information content (AvgIpc) is 1.81. The van der Waals surface area contributed by atoms with Crippen molar-refractivity contribution < 1.29 is 0 Å². The molecular formula is C6H11NS. The first-order valence-electron chi connectivity index (χ1n) is 2.72. The van der Waals surface area contributed by atoms with Gasteiger partial charge in [-0.3, -0.25) is 4.72 Å². The molecule has 0 aliphatic rings. The van der Waals surface area contributed by atoms with Crippen molar-refractivity contribution in [1.29, 1.82) is 0 Å². The summed E-state index contributed by atoms with van der Waals surface area (Å²) >= 11 is 3.82. The molecule has 0 heterocycles. The quantitative estimate of drug-likeness (QED) is 0.330. The molecule has 1 N–H and O–H groups in total. The van der Waals surface area contributed by atoms with Gasteiger partial charge in [-0.05, 0) is 12.8 Å². The molecule has 0 aliphatic carbocycles. The highest BCUT2D eigenvalue weighted by molar-refractivity contribution is 7.78. The van der Waals surface area contributed by atoms with E-state index in [0.717, 1.165) is 25.8 Å². The normalized spacial score (nSPS) is 8.50. The molecule has 0 atom stereocenters. The summed E-state index contributed by atoms with van der Waals surface area (Å²) in [6, 6.07) is 0. The minimum atomic E-state index is 0.884. The van der Waals surface area contributed by atoms with Gasteiger partial charge in [-0.1, -0.05) is 12.8 Å². The molecule has 0 saturated heterocycles. The number of hydrogen-bond acceptors (Lipinski definition) is 2. The fourth-order valence-corrected chi connectivity index (χ4v) is 0.589. The van der Waals surface area contributed by atoms with Gasteiger partial charge in [-0.15, -0.1) is 12.3 Å². The lowest BCUT2D eigenvalue weighted by Gasteiger charge is -1.92. The lowest BCUT2D eigenvalue weighted by molar-refractivity contribution is 0.745. The van der Waals surface area contributed by atoms with Gasteiger partial charge in [-0.25, -0.2) is 0 Å². The summed E-state index contributed by atoms with van der Waals surface area (Å²) in [6.45, 7) is 0.949. The molecule has 0 radical (unpaired) electrons. The predicted octanol–water partition coefficient (Wildman–Crippen LogP) is 1.22. The Morgan fingerprint density at radius 1 is 1.50 bits per heavy atom. The zero-order valence-corrected chi connectivity index (χ0v) is 5.75. The monoisotopic (exact) mass is 129 g/mol. The molecule has 0 aliphatic heterocycles. The summed E-state index contributed by atoms with van der Waals surface area (Å²) in [4.78, 5) is 0. The largest absolute Gasteiger partial charge is 0.267 e. The third kappa shape index (κ3) is 5.87. The van der Waals surface area contributed by atoms with Crippen LogP contribution in [0.5, 0.6) is 0 Å². The molecule has 0 fully saturated rings. The van der Waals surface area contributed by atoms with E-state index in [-0.39, 0.29) is 0 Å². The van der Waals surface area contributed by atoms with E-state index in [1.807, 2.05) is 0 Å². The summed E-state index contributed by atoms with van der Waals surface area (Å²) < 4.78 is 2.75. The maximum atomic E-state index is 5.02. The molecule has 0 rings (SSSR count). The molecule has 0 bridgehead atoms. The summed E-state index contributed by atoms with van der Waals surface area (Å²) in [5.74, 6) is 2.57. The zero-order valence-electron chi connectivity index (χ0n) is 4.85. The molecular weight excluding hydrogens is 118 g/mol. The van der Waals surface area contributed by atoms with Gasteiger partial charge in [0.2, 0.25) is 0 Å². The van der Waals surface area contributed by atoms with Crippen LogP contribution in [0.3, 0.4) is 0 Å². The Morgan fingerprint density at radius 3 is 2.75 bits per heavy atom. The van der Waals surface area contributed by atoms with Crippen LogP contribution in [0.2, 0.25) is 0 Å². The smallest absolute Gasteiger partial charge is 0.00865 e. The van der Waals surface area contributed by atoms with Gasteiger partial charge >= 0.3 is 0 Å². The van der Waals surface area contributed by atoms with E-state index in [1.165, 1.54) is 0 Å². The fourth-order valence-electron chi connectivity index (χ4n) is 0.431. The Kier molecular flexibility index (Phi) is 6.76. The Labute approximate surface area is 56.4 Å². The Hall–Kier alpha value is -0.130. The van der Waals surface area contributed by atoms with Crippen molar-refractivity contribution in [2.75, 3.05) is 6.54 Å². The minimum absolute atomic E-state index is 0.884. The third-order valence-corrected chi connectivity index (χ3v) is 1.08. The Balaban J connectivity index is 2.65. The average molecular weight is 129 g/mol. The molecule has 0 aromatic carbocycles.